The lowest BCUT2D eigenvalue weighted by Crippen LogP contribution is -2.09. The first-order chi connectivity index (χ1) is 10.4. The van der Waals surface area contributed by atoms with Crippen molar-refractivity contribution in [2.75, 3.05) is 10.9 Å². The minimum Gasteiger partial charge on any atom is -0.300 e. The standard InChI is InChI=1S/C12H8BrClN4O4/c13-9-5-7(17(19)20)1-3-11(9)15-16-12-4-2-8(18(21)22)6-10(12)14/h1-6,15-16H. The van der Waals surface area contributed by atoms with Crippen molar-refractivity contribution in [2.24, 2.45) is 0 Å². The third-order valence-electron chi connectivity index (χ3n) is 2.66. The van der Waals surface area contributed by atoms with E-state index >= 15 is 0 Å². The first-order valence-electron chi connectivity index (χ1n) is 5.78. The minimum atomic E-state index is -0.546. The zero-order valence-electron chi connectivity index (χ0n) is 10.7. The molecule has 22 heavy (non-hydrogen) atoms. The summed E-state index contributed by atoms with van der Waals surface area (Å²) in [5.41, 5.74) is 6.39. The molecule has 0 aliphatic heterocycles. The van der Waals surface area contributed by atoms with E-state index in [1.54, 1.807) is 0 Å². The fourth-order valence-electron chi connectivity index (χ4n) is 1.57. The molecule has 0 fully saturated rings. The first kappa shape index (κ1) is 16.0. The van der Waals surface area contributed by atoms with Gasteiger partial charge in [-0.3, -0.25) is 31.1 Å². The van der Waals surface area contributed by atoms with Gasteiger partial charge in [0.1, 0.15) is 0 Å². The molecule has 0 heterocycles. The van der Waals surface area contributed by atoms with Gasteiger partial charge in [-0.25, -0.2) is 0 Å². The number of hydrogen-bond donors (Lipinski definition) is 2. The maximum atomic E-state index is 10.7. The number of nitrogens with one attached hydrogen (secondary N) is 2. The molecule has 114 valence electrons. The van der Waals surface area contributed by atoms with Crippen LogP contribution in [-0.2, 0) is 0 Å². The number of non-ortho nitro benzene ring substituents is 2. The van der Waals surface area contributed by atoms with Crippen LogP contribution < -0.4 is 10.9 Å². The van der Waals surface area contributed by atoms with E-state index in [1.165, 1.54) is 36.4 Å². The monoisotopic (exact) mass is 386 g/mol. The number of nitro groups is 2. The fourth-order valence-corrected chi connectivity index (χ4v) is 2.26. The largest absolute Gasteiger partial charge is 0.300 e. The maximum absolute atomic E-state index is 10.7. The number of hydrazine groups is 1. The Hall–Kier alpha value is -2.39. The Labute approximate surface area is 137 Å². The van der Waals surface area contributed by atoms with Crippen LogP contribution in [0.4, 0.5) is 22.7 Å². The van der Waals surface area contributed by atoms with Gasteiger partial charge in [0.25, 0.3) is 11.4 Å². The molecule has 2 aromatic carbocycles. The molecule has 2 rings (SSSR count). The fraction of sp³-hybridized carbons (Fsp3) is 0. The highest BCUT2D eigenvalue weighted by atomic mass is 79.9. The molecule has 0 unspecified atom stereocenters. The molecule has 0 atom stereocenters. The molecule has 0 amide bonds. The van der Waals surface area contributed by atoms with E-state index in [9.17, 15) is 20.2 Å². The Balaban J connectivity index is 2.13. The number of nitrogens with zero attached hydrogens (tertiary/aromatic N) is 2. The SMILES string of the molecule is O=[N+]([O-])c1ccc(NNc2ccc([N+](=O)[O-])cc2Br)c(Cl)c1. The van der Waals surface area contributed by atoms with E-state index in [2.05, 4.69) is 26.8 Å². The molecule has 0 aliphatic rings. The third-order valence-corrected chi connectivity index (χ3v) is 3.63. The highest BCUT2D eigenvalue weighted by Gasteiger charge is 2.11. The van der Waals surface area contributed by atoms with Crippen LogP contribution in [0.25, 0.3) is 0 Å². The van der Waals surface area contributed by atoms with E-state index in [4.69, 9.17) is 11.6 Å². The van der Waals surface area contributed by atoms with Crippen molar-refractivity contribution in [3.8, 4) is 0 Å². The van der Waals surface area contributed by atoms with Gasteiger partial charge in [-0.1, -0.05) is 11.6 Å². The molecule has 0 radical (unpaired) electrons. The number of rotatable bonds is 5. The highest BCUT2D eigenvalue weighted by Crippen LogP contribution is 2.29. The molecule has 2 N–H and O–H groups in total. The second-order valence-electron chi connectivity index (χ2n) is 4.09. The first-order valence-corrected chi connectivity index (χ1v) is 6.95. The van der Waals surface area contributed by atoms with Gasteiger partial charge in [-0.2, -0.15) is 0 Å². The molecular formula is C12H8BrClN4O4. The Kier molecular flexibility index (Phi) is 4.78. The Bertz CT molecular complexity index is 692. The molecular weight excluding hydrogens is 380 g/mol. The summed E-state index contributed by atoms with van der Waals surface area (Å²) in [7, 11) is 0. The summed E-state index contributed by atoms with van der Waals surface area (Å²) in [4.78, 5) is 20.2. The van der Waals surface area contributed by atoms with Gasteiger partial charge in [0.2, 0.25) is 0 Å². The Morgan fingerprint density at radius 2 is 1.41 bits per heavy atom. The molecule has 0 aliphatic carbocycles. The molecule has 0 saturated carbocycles. The molecule has 0 aromatic heterocycles. The third kappa shape index (κ3) is 3.62. The van der Waals surface area contributed by atoms with Crippen molar-refractivity contribution in [3.05, 3.63) is 66.1 Å². The van der Waals surface area contributed by atoms with Gasteiger partial charge in [0.15, 0.2) is 0 Å². The van der Waals surface area contributed by atoms with Crippen molar-refractivity contribution >= 4 is 50.3 Å². The summed E-state index contributed by atoms with van der Waals surface area (Å²) in [6, 6.07) is 8.17. The smallest absolute Gasteiger partial charge is 0.271 e. The van der Waals surface area contributed by atoms with Gasteiger partial charge in [-0.05, 0) is 28.1 Å². The summed E-state index contributed by atoms with van der Waals surface area (Å²) in [6.45, 7) is 0. The van der Waals surface area contributed by atoms with Crippen molar-refractivity contribution in [1.82, 2.24) is 0 Å². The van der Waals surface area contributed by atoms with Crippen LogP contribution in [-0.4, -0.2) is 9.85 Å². The van der Waals surface area contributed by atoms with Crippen molar-refractivity contribution in [2.45, 2.75) is 0 Å². The second-order valence-corrected chi connectivity index (χ2v) is 5.35. The van der Waals surface area contributed by atoms with Crippen molar-refractivity contribution in [1.29, 1.82) is 0 Å². The summed E-state index contributed by atoms with van der Waals surface area (Å²) in [6.07, 6.45) is 0. The van der Waals surface area contributed by atoms with Crippen LogP contribution in [0.3, 0.4) is 0 Å². The van der Waals surface area contributed by atoms with Gasteiger partial charge in [-0.15, -0.1) is 0 Å². The summed E-state index contributed by atoms with van der Waals surface area (Å²) >= 11 is 9.15. The average Bonchev–Trinajstić information content (AvgIpc) is 2.46. The van der Waals surface area contributed by atoms with E-state index in [1.807, 2.05) is 0 Å². The molecule has 10 heteroatoms. The molecule has 0 saturated heterocycles. The minimum absolute atomic E-state index is 0.0502. The van der Waals surface area contributed by atoms with Crippen molar-refractivity contribution < 1.29 is 9.85 Å². The second kappa shape index (κ2) is 6.58. The lowest BCUT2D eigenvalue weighted by Gasteiger charge is -2.12. The lowest BCUT2D eigenvalue weighted by atomic mass is 10.3. The van der Waals surface area contributed by atoms with Crippen LogP contribution in [0, 0.1) is 20.2 Å². The maximum Gasteiger partial charge on any atom is 0.271 e. The topological polar surface area (TPSA) is 110 Å². The number of hydrogen-bond acceptors (Lipinski definition) is 6. The normalized spacial score (nSPS) is 10.1. The quantitative estimate of drug-likeness (QED) is 0.582. The molecule has 8 nitrogen and oxygen atoms in total. The Morgan fingerprint density at radius 1 is 0.909 bits per heavy atom. The predicted octanol–water partition coefficient (Wildman–Crippen LogP) is 4.36. The van der Waals surface area contributed by atoms with E-state index in [-0.39, 0.29) is 16.4 Å². The number of halogens is 2. The summed E-state index contributed by atoms with van der Waals surface area (Å²) in [5, 5.41) is 21.4. The van der Waals surface area contributed by atoms with Gasteiger partial charge in [0.05, 0.1) is 26.2 Å². The van der Waals surface area contributed by atoms with Crippen LogP contribution in [0.1, 0.15) is 0 Å². The number of benzene rings is 2. The number of nitro benzene ring substituents is 2. The van der Waals surface area contributed by atoms with E-state index < -0.39 is 9.85 Å². The van der Waals surface area contributed by atoms with E-state index in [0.29, 0.717) is 15.8 Å². The number of anilines is 2. The molecule has 0 bridgehead atoms. The van der Waals surface area contributed by atoms with Crippen LogP contribution >= 0.6 is 27.5 Å². The Morgan fingerprint density at radius 3 is 1.91 bits per heavy atom. The van der Waals surface area contributed by atoms with Crippen LogP contribution in [0.5, 0.6) is 0 Å². The van der Waals surface area contributed by atoms with Crippen molar-refractivity contribution in [3.63, 3.8) is 0 Å². The summed E-state index contributed by atoms with van der Waals surface area (Å²) < 4.78 is 0.479. The summed E-state index contributed by atoms with van der Waals surface area (Å²) in [5.74, 6) is 0. The molecule has 2 aromatic rings. The van der Waals surface area contributed by atoms with E-state index in [0.717, 1.165) is 0 Å². The van der Waals surface area contributed by atoms with Gasteiger partial charge >= 0.3 is 0 Å². The highest BCUT2D eigenvalue weighted by molar-refractivity contribution is 9.10. The lowest BCUT2D eigenvalue weighted by molar-refractivity contribution is -0.385. The van der Waals surface area contributed by atoms with Crippen LogP contribution in [0.15, 0.2) is 40.9 Å². The predicted molar refractivity (Wildman–Crippen MR) is 86.1 cm³/mol. The van der Waals surface area contributed by atoms with Crippen LogP contribution in [0.2, 0.25) is 5.02 Å². The zero-order valence-corrected chi connectivity index (χ0v) is 13.1. The zero-order chi connectivity index (χ0) is 16.3. The van der Waals surface area contributed by atoms with Gasteiger partial charge < -0.3 is 0 Å². The average molecular weight is 388 g/mol. The van der Waals surface area contributed by atoms with Gasteiger partial charge in [0, 0.05) is 28.7 Å². The molecule has 0 spiro atoms.